The van der Waals surface area contributed by atoms with E-state index in [0.717, 1.165) is 31.2 Å². The highest BCUT2D eigenvalue weighted by atomic mass is 32.2. The van der Waals surface area contributed by atoms with Crippen molar-refractivity contribution in [3.05, 3.63) is 59.9 Å². The summed E-state index contributed by atoms with van der Waals surface area (Å²) in [6, 6.07) is 9.66. The van der Waals surface area contributed by atoms with Crippen LogP contribution in [-0.4, -0.2) is 36.7 Å². The first kappa shape index (κ1) is 19.5. The molecule has 6 nitrogen and oxygen atoms in total. The molecule has 2 aromatic rings. The zero-order valence-electron chi connectivity index (χ0n) is 15.6. The van der Waals surface area contributed by atoms with Gasteiger partial charge in [-0.05, 0) is 55.7 Å². The summed E-state index contributed by atoms with van der Waals surface area (Å²) < 4.78 is 27.4. The molecule has 0 aliphatic heterocycles. The zero-order chi connectivity index (χ0) is 19.4. The molecule has 0 bridgehead atoms. The van der Waals surface area contributed by atoms with E-state index in [1.54, 1.807) is 43.7 Å². The number of hydrogen-bond acceptors (Lipinski definition) is 4. The number of nitrogens with zero attached hydrogens (tertiary/aromatic N) is 2. The van der Waals surface area contributed by atoms with Gasteiger partial charge in [-0.15, -0.1) is 0 Å². The number of amides is 1. The van der Waals surface area contributed by atoms with E-state index in [1.165, 1.54) is 16.4 Å². The first-order valence-electron chi connectivity index (χ1n) is 9.18. The average molecular weight is 388 g/mol. The van der Waals surface area contributed by atoms with Gasteiger partial charge in [0.1, 0.15) is 0 Å². The third kappa shape index (κ3) is 4.36. The van der Waals surface area contributed by atoms with Gasteiger partial charge in [0.25, 0.3) is 5.91 Å². The van der Waals surface area contributed by atoms with Crippen LogP contribution in [0.25, 0.3) is 0 Å². The van der Waals surface area contributed by atoms with E-state index in [0.29, 0.717) is 5.56 Å². The van der Waals surface area contributed by atoms with Gasteiger partial charge in [-0.1, -0.05) is 18.9 Å². The summed E-state index contributed by atoms with van der Waals surface area (Å²) in [5.41, 5.74) is 1.22. The van der Waals surface area contributed by atoms with Crippen molar-refractivity contribution in [1.29, 1.82) is 0 Å². The van der Waals surface area contributed by atoms with Crippen LogP contribution in [0.5, 0.6) is 0 Å². The standard InChI is InChI=1S/C20H25N3O3S/c1-15(16-10-12-21-13-11-16)23(2)27(25,26)19-9-5-6-17(14-19)20(24)22-18-7-3-4-8-18/h5-6,9-15,18H,3-4,7-8H2,1-2H3,(H,22,24)/t15-/m0/s1. The van der Waals surface area contributed by atoms with Crippen LogP contribution in [0.2, 0.25) is 0 Å². The minimum Gasteiger partial charge on any atom is -0.349 e. The lowest BCUT2D eigenvalue weighted by Gasteiger charge is -2.24. The van der Waals surface area contributed by atoms with Crippen LogP contribution >= 0.6 is 0 Å². The molecule has 27 heavy (non-hydrogen) atoms. The lowest BCUT2D eigenvalue weighted by molar-refractivity contribution is 0.0937. The minimum atomic E-state index is -3.74. The highest BCUT2D eigenvalue weighted by Crippen LogP contribution is 2.26. The Hall–Kier alpha value is -2.25. The van der Waals surface area contributed by atoms with Crippen LogP contribution in [0.1, 0.15) is 54.6 Å². The molecule has 1 aromatic heterocycles. The molecular formula is C20H25N3O3S. The van der Waals surface area contributed by atoms with Gasteiger partial charge in [0, 0.05) is 37.1 Å². The maximum Gasteiger partial charge on any atom is 0.251 e. The zero-order valence-corrected chi connectivity index (χ0v) is 16.4. The van der Waals surface area contributed by atoms with Gasteiger partial charge in [-0.25, -0.2) is 8.42 Å². The molecule has 1 N–H and O–H groups in total. The Labute approximate surface area is 160 Å². The van der Waals surface area contributed by atoms with E-state index in [1.807, 2.05) is 6.92 Å². The van der Waals surface area contributed by atoms with Crippen LogP contribution in [0.15, 0.2) is 53.7 Å². The highest BCUT2D eigenvalue weighted by molar-refractivity contribution is 7.89. The number of hydrogen-bond donors (Lipinski definition) is 1. The van der Waals surface area contributed by atoms with E-state index in [-0.39, 0.29) is 22.9 Å². The Bertz CT molecular complexity index is 894. The second-order valence-corrected chi connectivity index (χ2v) is 8.96. The molecule has 1 aromatic carbocycles. The van der Waals surface area contributed by atoms with E-state index in [4.69, 9.17) is 0 Å². The van der Waals surface area contributed by atoms with Crippen molar-refractivity contribution in [3.8, 4) is 0 Å². The molecule has 1 aliphatic carbocycles. The van der Waals surface area contributed by atoms with Crippen LogP contribution in [0, 0.1) is 0 Å². The van der Waals surface area contributed by atoms with Crippen LogP contribution in [0.4, 0.5) is 0 Å². The summed E-state index contributed by atoms with van der Waals surface area (Å²) in [6.07, 6.45) is 7.49. The number of rotatable bonds is 6. The number of aromatic nitrogens is 1. The van der Waals surface area contributed by atoms with Gasteiger partial charge in [-0.3, -0.25) is 9.78 Å². The number of benzene rings is 1. The van der Waals surface area contributed by atoms with Crippen molar-refractivity contribution in [2.75, 3.05) is 7.05 Å². The Balaban J connectivity index is 1.81. The quantitative estimate of drug-likeness (QED) is 0.826. The van der Waals surface area contributed by atoms with E-state index in [9.17, 15) is 13.2 Å². The molecule has 0 radical (unpaired) electrons. The predicted octanol–water partition coefficient (Wildman–Crippen LogP) is 3.14. The molecule has 0 spiro atoms. The molecule has 1 amide bonds. The highest BCUT2D eigenvalue weighted by Gasteiger charge is 2.27. The summed E-state index contributed by atoms with van der Waals surface area (Å²) in [6.45, 7) is 1.82. The first-order chi connectivity index (χ1) is 12.9. The van der Waals surface area contributed by atoms with Crippen molar-refractivity contribution in [2.45, 2.75) is 49.6 Å². The van der Waals surface area contributed by atoms with Gasteiger partial charge >= 0.3 is 0 Å². The monoisotopic (exact) mass is 387 g/mol. The normalized spacial score (nSPS) is 16.4. The molecule has 1 saturated carbocycles. The van der Waals surface area contributed by atoms with Crippen LogP contribution in [-0.2, 0) is 10.0 Å². The maximum atomic E-state index is 13.0. The minimum absolute atomic E-state index is 0.116. The van der Waals surface area contributed by atoms with Crippen LogP contribution < -0.4 is 5.32 Å². The third-order valence-electron chi connectivity index (χ3n) is 5.20. The molecule has 1 atom stereocenters. The summed E-state index contributed by atoms with van der Waals surface area (Å²) in [7, 11) is -2.19. The van der Waals surface area contributed by atoms with Gasteiger partial charge < -0.3 is 5.32 Å². The Kier molecular flexibility index (Phi) is 5.92. The van der Waals surface area contributed by atoms with Crippen molar-refractivity contribution < 1.29 is 13.2 Å². The van der Waals surface area contributed by atoms with Crippen molar-refractivity contribution in [2.24, 2.45) is 0 Å². The van der Waals surface area contributed by atoms with Gasteiger partial charge in [0.15, 0.2) is 0 Å². The Morgan fingerprint density at radius 2 is 1.85 bits per heavy atom. The second-order valence-electron chi connectivity index (χ2n) is 6.96. The SMILES string of the molecule is C[C@@H](c1ccncc1)N(C)S(=O)(=O)c1cccc(C(=O)NC2CCCC2)c1. The van der Waals surface area contributed by atoms with Crippen molar-refractivity contribution >= 4 is 15.9 Å². The van der Waals surface area contributed by atoms with E-state index in [2.05, 4.69) is 10.3 Å². The summed E-state index contributed by atoms with van der Waals surface area (Å²) in [4.78, 5) is 16.6. The lowest BCUT2D eigenvalue weighted by Crippen LogP contribution is -2.33. The molecule has 1 fully saturated rings. The fourth-order valence-electron chi connectivity index (χ4n) is 3.36. The van der Waals surface area contributed by atoms with E-state index < -0.39 is 10.0 Å². The topological polar surface area (TPSA) is 79.4 Å². The van der Waals surface area contributed by atoms with E-state index >= 15 is 0 Å². The summed E-state index contributed by atoms with van der Waals surface area (Å²) in [5.74, 6) is -0.219. The molecule has 1 heterocycles. The molecule has 7 heteroatoms. The van der Waals surface area contributed by atoms with Crippen LogP contribution in [0.3, 0.4) is 0 Å². The maximum absolute atomic E-state index is 13.0. The van der Waals surface area contributed by atoms with Crippen molar-refractivity contribution in [1.82, 2.24) is 14.6 Å². The van der Waals surface area contributed by atoms with Gasteiger partial charge in [0.05, 0.1) is 4.90 Å². The summed E-state index contributed by atoms with van der Waals surface area (Å²) >= 11 is 0. The third-order valence-corrected chi connectivity index (χ3v) is 7.12. The van der Waals surface area contributed by atoms with Crippen molar-refractivity contribution in [3.63, 3.8) is 0 Å². The first-order valence-corrected chi connectivity index (χ1v) is 10.6. The molecular weight excluding hydrogens is 362 g/mol. The number of carbonyl (C=O) groups is 1. The molecule has 3 rings (SSSR count). The number of pyridine rings is 1. The predicted molar refractivity (Wildman–Crippen MR) is 104 cm³/mol. The molecule has 0 saturated heterocycles. The smallest absolute Gasteiger partial charge is 0.251 e. The fourth-order valence-corrected chi connectivity index (χ4v) is 4.76. The Morgan fingerprint density at radius 1 is 1.19 bits per heavy atom. The van der Waals surface area contributed by atoms with Gasteiger partial charge in [-0.2, -0.15) is 4.31 Å². The lowest BCUT2D eigenvalue weighted by atomic mass is 10.1. The average Bonchev–Trinajstić information content (AvgIpc) is 3.20. The van der Waals surface area contributed by atoms with Gasteiger partial charge in [0.2, 0.25) is 10.0 Å². The molecule has 1 aliphatic rings. The second kappa shape index (κ2) is 8.19. The Morgan fingerprint density at radius 3 is 2.52 bits per heavy atom. The molecule has 144 valence electrons. The summed E-state index contributed by atoms with van der Waals surface area (Å²) in [5, 5.41) is 3.00. The molecule has 0 unspecified atom stereocenters. The largest absolute Gasteiger partial charge is 0.349 e. The number of sulfonamides is 1. The fraction of sp³-hybridized carbons (Fsp3) is 0.400. The number of nitrogens with one attached hydrogen (secondary N) is 1. The number of carbonyl (C=O) groups excluding carboxylic acids is 1.